The molecule has 5 heteroatoms. The summed E-state index contributed by atoms with van der Waals surface area (Å²) in [6.45, 7) is 0.131. The summed E-state index contributed by atoms with van der Waals surface area (Å²) in [4.78, 5) is 0. The van der Waals surface area contributed by atoms with Gasteiger partial charge in [-0.2, -0.15) is 0 Å². The number of furan rings is 1. The van der Waals surface area contributed by atoms with Crippen LogP contribution in [0.25, 0.3) is 0 Å². The van der Waals surface area contributed by atoms with Crippen molar-refractivity contribution in [2.45, 2.75) is 6.10 Å². The molecule has 1 aromatic heterocycles. The van der Waals surface area contributed by atoms with Crippen LogP contribution in [0.4, 0.5) is 0 Å². The zero-order valence-electron chi connectivity index (χ0n) is 9.80. The van der Waals surface area contributed by atoms with Crippen molar-refractivity contribution in [2.24, 2.45) is 0 Å². The van der Waals surface area contributed by atoms with Crippen LogP contribution < -0.4 is 9.47 Å². The van der Waals surface area contributed by atoms with Gasteiger partial charge in [0.05, 0.1) is 7.11 Å². The molecule has 1 atom stereocenters. The highest BCUT2D eigenvalue weighted by atomic mass is 79.9. The highest BCUT2D eigenvalue weighted by Crippen LogP contribution is 2.22. The van der Waals surface area contributed by atoms with Gasteiger partial charge in [0.15, 0.2) is 4.67 Å². The van der Waals surface area contributed by atoms with E-state index >= 15 is 0 Å². The lowest BCUT2D eigenvalue weighted by molar-refractivity contribution is 0.0879. The lowest BCUT2D eigenvalue weighted by atomic mass is 10.3. The summed E-state index contributed by atoms with van der Waals surface area (Å²) >= 11 is 3.18. The molecule has 0 aliphatic carbocycles. The highest BCUT2D eigenvalue weighted by molar-refractivity contribution is 9.10. The topological polar surface area (TPSA) is 51.8 Å². The van der Waals surface area contributed by atoms with E-state index < -0.39 is 6.10 Å². The lowest BCUT2D eigenvalue weighted by Gasteiger charge is -2.10. The summed E-state index contributed by atoms with van der Waals surface area (Å²) in [5.74, 6) is 1.90. The highest BCUT2D eigenvalue weighted by Gasteiger charge is 2.12. The minimum absolute atomic E-state index is 0.131. The van der Waals surface area contributed by atoms with Crippen molar-refractivity contribution in [3.05, 3.63) is 46.8 Å². The van der Waals surface area contributed by atoms with Crippen LogP contribution in [0.15, 0.2) is 45.5 Å². The summed E-state index contributed by atoms with van der Waals surface area (Å²) in [5.41, 5.74) is 0. The maximum Gasteiger partial charge on any atom is 0.169 e. The number of aliphatic hydroxyl groups is 1. The fourth-order valence-electron chi connectivity index (χ4n) is 1.44. The number of ether oxygens (including phenoxy) is 2. The second-order valence-electron chi connectivity index (χ2n) is 3.64. The Morgan fingerprint density at radius 1 is 1.17 bits per heavy atom. The second-order valence-corrected chi connectivity index (χ2v) is 4.43. The number of benzene rings is 1. The number of hydrogen-bond donors (Lipinski definition) is 1. The summed E-state index contributed by atoms with van der Waals surface area (Å²) in [5, 5.41) is 9.83. The number of rotatable bonds is 5. The summed E-state index contributed by atoms with van der Waals surface area (Å²) < 4.78 is 16.3. The first-order valence-corrected chi connectivity index (χ1v) is 6.18. The van der Waals surface area contributed by atoms with Gasteiger partial charge in [-0.25, -0.2) is 0 Å². The normalized spacial score (nSPS) is 12.2. The maximum atomic E-state index is 9.83. The molecule has 1 heterocycles. The summed E-state index contributed by atoms with van der Waals surface area (Å²) in [6, 6.07) is 10.6. The first-order valence-electron chi connectivity index (χ1n) is 5.39. The number of halogens is 1. The van der Waals surface area contributed by atoms with Crippen LogP contribution in [-0.2, 0) is 0 Å². The van der Waals surface area contributed by atoms with E-state index in [1.807, 2.05) is 0 Å². The average molecular weight is 313 g/mol. The second kappa shape index (κ2) is 5.93. The fourth-order valence-corrected chi connectivity index (χ4v) is 1.76. The Hall–Kier alpha value is -1.46. The molecule has 1 unspecified atom stereocenters. The van der Waals surface area contributed by atoms with Gasteiger partial charge in [0.25, 0.3) is 0 Å². The van der Waals surface area contributed by atoms with Gasteiger partial charge in [-0.1, -0.05) is 0 Å². The predicted molar refractivity (Wildman–Crippen MR) is 69.9 cm³/mol. The monoisotopic (exact) mass is 312 g/mol. The van der Waals surface area contributed by atoms with Gasteiger partial charge in [-0.05, 0) is 52.3 Å². The molecule has 0 amide bonds. The number of hydrogen-bond acceptors (Lipinski definition) is 4. The van der Waals surface area contributed by atoms with E-state index in [-0.39, 0.29) is 6.61 Å². The van der Waals surface area contributed by atoms with Crippen molar-refractivity contribution in [1.82, 2.24) is 0 Å². The lowest BCUT2D eigenvalue weighted by Crippen LogP contribution is -2.08. The van der Waals surface area contributed by atoms with E-state index in [1.54, 1.807) is 43.5 Å². The van der Waals surface area contributed by atoms with Crippen LogP contribution in [0, 0.1) is 0 Å². The third kappa shape index (κ3) is 3.27. The van der Waals surface area contributed by atoms with Crippen LogP contribution in [0.1, 0.15) is 11.9 Å². The SMILES string of the molecule is COc1ccc(OCC(O)c2ccc(Br)o2)cc1. The molecule has 96 valence electrons. The van der Waals surface area contributed by atoms with Gasteiger partial charge in [-0.3, -0.25) is 0 Å². The first-order chi connectivity index (χ1) is 8.69. The van der Waals surface area contributed by atoms with Crippen molar-refractivity contribution in [1.29, 1.82) is 0 Å². The van der Waals surface area contributed by atoms with Crippen molar-refractivity contribution in [3.8, 4) is 11.5 Å². The van der Waals surface area contributed by atoms with E-state index in [9.17, 15) is 5.11 Å². The number of aliphatic hydroxyl groups excluding tert-OH is 1. The van der Waals surface area contributed by atoms with Crippen molar-refractivity contribution in [2.75, 3.05) is 13.7 Å². The standard InChI is InChI=1S/C13H13BrO4/c1-16-9-2-4-10(5-3-9)17-8-11(15)12-6-7-13(14)18-12/h2-7,11,15H,8H2,1H3. The Kier molecular flexibility index (Phi) is 4.28. The molecule has 0 fully saturated rings. The van der Waals surface area contributed by atoms with Gasteiger partial charge in [-0.15, -0.1) is 0 Å². The fraction of sp³-hybridized carbons (Fsp3) is 0.231. The van der Waals surface area contributed by atoms with Crippen molar-refractivity contribution >= 4 is 15.9 Å². The van der Waals surface area contributed by atoms with E-state index in [0.717, 1.165) is 5.75 Å². The smallest absolute Gasteiger partial charge is 0.169 e. The minimum atomic E-state index is -0.793. The predicted octanol–water partition coefficient (Wildman–Crippen LogP) is 3.16. The number of methoxy groups -OCH3 is 1. The largest absolute Gasteiger partial charge is 0.497 e. The minimum Gasteiger partial charge on any atom is -0.497 e. The maximum absolute atomic E-state index is 9.83. The molecule has 0 radical (unpaired) electrons. The molecule has 0 saturated carbocycles. The van der Waals surface area contributed by atoms with E-state index in [4.69, 9.17) is 13.9 Å². The molecule has 0 saturated heterocycles. The molecular weight excluding hydrogens is 300 g/mol. The zero-order valence-corrected chi connectivity index (χ0v) is 11.4. The molecule has 1 N–H and O–H groups in total. The van der Waals surface area contributed by atoms with Crippen LogP contribution >= 0.6 is 15.9 Å². The van der Waals surface area contributed by atoms with Gasteiger partial charge in [0.2, 0.25) is 0 Å². The van der Waals surface area contributed by atoms with E-state index in [1.165, 1.54) is 0 Å². The zero-order chi connectivity index (χ0) is 13.0. The molecule has 0 aliphatic rings. The van der Waals surface area contributed by atoms with Gasteiger partial charge in [0, 0.05) is 0 Å². The van der Waals surface area contributed by atoms with Crippen LogP contribution in [-0.4, -0.2) is 18.8 Å². The molecule has 4 nitrogen and oxygen atoms in total. The summed E-state index contributed by atoms with van der Waals surface area (Å²) in [6.07, 6.45) is -0.793. The summed E-state index contributed by atoms with van der Waals surface area (Å²) in [7, 11) is 1.61. The first kappa shape index (κ1) is 13.0. The molecule has 0 bridgehead atoms. The van der Waals surface area contributed by atoms with E-state index in [0.29, 0.717) is 16.2 Å². The Morgan fingerprint density at radius 2 is 1.83 bits per heavy atom. The van der Waals surface area contributed by atoms with Crippen LogP contribution in [0.5, 0.6) is 11.5 Å². The average Bonchev–Trinajstić information content (AvgIpc) is 2.83. The molecule has 0 spiro atoms. The Morgan fingerprint density at radius 3 is 2.39 bits per heavy atom. The van der Waals surface area contributed by atoms with Gasteiger partial charge < -0.3 is 19.0 Å². The van der Waals surface area contributed by atoms with Gasteiger partial charge in [0.1, 0.15) is 30.0 Å². The van der Waals surface area contributed by atoms with Crippen LogP contribution in [0.2, 0.25) is 0 Å². The third-order valence-corrected chi connectivity index (χ3v) is 2.82. The molecule has 18 heavy (non-hydrogen) atoms. The molecule has 2 rings (SSSR count). The molecular formula is C13H13BrO4. The molecule has 0 aliphatic heterocycles. The van der Waals surface area contributed by atoms with E-state index in [2.05, 4.69) is 15.9 Å². The van der Waals surface area contributed by atoms with Crippen molar-refractivity contribution < 1.29 is 19.0 Å². The third-order valence-electron chi connectivity index (χ3n) is 2.39. The van der Waals surface area contributed by atoms with Crippen molar-refractivity contribution in [3.63, 3.8) is 0 Å². The molecule has 2 aromatic rings. The Balaban J connectivity index is 1.90. The molecule has 1 aromatic carbocycles. The van der Waals surface area contributed by atoms with Gasteiger partial charge >= 0.3 is 0 Å². The Bertz CT molecular complexity index is 492. The quantitative estimate of drug-likeness (QED) is 0.921. The van der Waals surface area contributed by atoms with Crippen LogP contribution in [0.3, 0.4) is 0 Å². The Labute approximate surface area is 113 Å².